The van der Waals surface area contributed by atoms with Gasteiger partial charge in [-0.05, 0) is 37.6 Å². The van der Waals surface area contributed by atoms with E-state index in [1.807, 2.05) is 30.5 Å². The average molecular weight is 444 g/mol. The molecule has 2 aromatic heterocycles. The summed E-state index contributed by atoms with van der Waals surface area (Å²) >= 11 is 0. The van der Waals surface area contributed by atoms with E-state index in [1.165, 1.54) is 5.56 Å². The number of nitrogens with one attached hydrogen (secondary N) is 1. The number of nitrogens with zero attached hydrogens (tertiary/aromatic N) is 5. The number of benzene rings is 1. The maximum Gasteiger partial charge on any atom is 0.159 e. The molecule has 0 spiro atoms. The van der Waals surface area contributed by atoms with Crippen molar-refractivity contribution in [1.82, 2.24) is 25.1 Å². The first kappa shape index (κ1) is 21.4. The molecule has 1 aromatic carbocycles. The van der Waals surface area contributed by atoms with Crippen LogP contribution in [-0.4, -0.2) is 59.1 Å². The van der Waals surface area contributed by atoms with Crippen LogP contribution in [0.4, 0.5) is 5.82 Å². The molecule has 0 bridgehead atoms. The highest BCUT2D eigenvalue weighted by atomic mass is 16.5. The predicted octanol–water partition coefficient (Wildman–Crippen LogP) is 2.69. The summed E-state index contributed by atoms with van der Waals surface area (Å²) < 4.78 is 7.33. The zero-order chi connectivity index (χ0) is 22.6. The van der Waals surface area contributed by atoms with Gasteiger partial charge in [0.1, 0.15) is 5.82 Å². The van der Waals surface area contributed by atoms with Crippen molar-refractivity contribution in [3.8, 4) is 17.1 Å². The van der Waals surface area contributed by atoms with Gasteiger partial charge in [0, 0.05) is 49.2 Å². The van der Waals surface area contributed by atoms with Crippen LogP contribution in [0.15, 0.2) is 59.9 Å². The Morgan fingerprint density at radius 1 is 1.12 bits per heavy atom. The number of rotatable bonds is 5. The standard InChI is InChI=1S/C25H29N7O/c1-18-3-2-4-20(15-18)22-7-10-32(30-22)25-17-24(31-11-13-33-14-12-31)28-23(29-25)16-21(26)19-5-8-27-9-6-19/h2-5,7,10,15-17,27H,6,8-9,11-14,26H2,1H3/b21-16-. The maximum atomic E-state index is 6.42. The summed E-state index contributed by atoms with van der Waals surface area (Å²) in [7, 11) is 0. The smallest absolute Gasteiger partial charge is 0.159 e. The van der Waals surface area contributed by atoms with Gasteiger partial charge < -0.3 is 20.7 Å². The highest BCUT2D eigenvalue weighted by molar-refractivity contribution is 5.60. The molecule has 33 heavy (non-hydrogen) atoms. The van der Waals surface area contributed by atoms with Crippen molar-refractivity contribution in [2.24, 2.45) is 5.73 Å². The molecule has 1 saturated heterocycles. The molecule has 0 unspecified atom stereocenters. The number of ether oxygens (including phenoxy) is 1. The summed E-state index contributed by atoms with van der Waals surface area (Å²) in [5, 5.41) is 8.11. The fourth-order valence-corrected chi connectivity index (χ4v) is 4.10. The Morgan fingerprint density at radius 2 is 1.97 bits per heavy atom. The molecule has 0 aliphatic carbocycles. The van der Waals surface area contributed by atoms with E-state index < -0.39 is 0 Å². The summed E-state index contributed by atoms with van der Waals surface area (Å²) in [4.78, 5) is 11.8. The zero-order valence-corrected chi connectivity index (χ0v) is 18.9. The molecule has 5 rings (SSSR count). The van der Waals surface area contributed by atoms with Crippen LogP contribution < -0.4 is 16.0 Å². The molecule has 3 N–H and O–H groups in total. The lowest BCUT2D eigenvalue weighted by Crippen LogP contribution is -2.37. The first-order valence-corrected chi connectivity index (χ1v) is 11.4. The van der Waals surface area contributed by atoms with Crippen LogP contribution in [0.2, 0.25) is 0 Å². The lowest BCUT2D eigenvalue weighted by atomic mass is 10.1. The van der Waals surface area contributed by atoms with Crippen LogP contribution in [-0.2, 0) is 4.74 Å². The molecule has 1 fully saturated rings. The van der Waals surface area contributed by atoms with Crippen molar-refractivity contribution in [3.05, 3.63) is 71.3 Å². The van der Waals surface area contributed by atoms with Gasteiger partial charge in [0.25, 0.3) is 0 Å². The van der Waals surface area contributed by atoms with Gasteiger partial charge >= 0.3 is 0 Å². The van der Waals surface area contributed by atoms with Gasteiger partial charge in [0.15, 0.2) is 11.6 Å². The molecule has 8 heteroatoms. The van der Waals surface area contributed by atoms with Crippen molar-refractivity contribution in [2.75, 3.05) is 44.3 Å². The highest BCUT2D eigenvalue weighted by Crippen LogP contribution is 2.22. The summed E-state index contributed by atoms with van der Waals surface area (Å²) in [6.07, 6.45) is 6.84. The van der Waals surface area contributed by atoms with E-state index in [-0.39, 0.29) is 0 Å². The minimum absolute atomic E-state index is 0.582. The molecule has 0 amide bonds. The number of anilines is 1. The van der Waals surface area contributed by atoms with Crippen molar-refractivity contribution >= 4 is 11.9 Å². The van der Waals surface area contributed by atoms with Crippen LogP contribution in [0.1, 0.15) is 17.8 Å². The Bertz CT molecular complexity index is 1190. The second kappa shape index (κ2) is 9.56. The highest BCUT2D eigenvalue weighted by Gasteiger charge is 2.17. The second-order valence-corrected chi connectivity index (χ2v) is 8.34. The molecule has 8 nitrogen and oxygen atoms in total. The molecular formula is C25H29N7O. The van der Waals surface area contributed by atoms with Gasteiger partial charge in [-0.25, -0.2) is 14.6 Å². The molecular weight excluding hydrogens is 414 g/mol. The Labute approximate surface area is 193 Å². The number of aryl methyl sites for hydroxylation is 1. The zero-order valence-electron chi connectivity index (χ0n) is 18.9. The number of aromatic nitrogens is 4. The van der Waals surface area contributed by atoms with E-state index in [2.05, 4.69) is 41.4 Å². The molecule has 4 heterocycles. The number of hydrogen-bond acceptors (Lipinski definition) is 7. The number of morpholine rings is 1. The lowest BCUT2D eigenvalue weighted by Gasteiger charge is -2.28. The summed E-state index contributed by atoms with van der Waals surface area (Å²) in [6.45, 7) is 6.80. The van der Waals surface area contributed by atoms with E-state index in [4.69, 9.17) is 25.5 Å². The van der Waals surface area contributed by atoms with Gasteiger partial charge in [0.2, 0.25) is 0 Å². The topological polar surface area (TPSA) is 94.1 Å². The molecule has 170 valence electrons. The quantitative estimate of drug-likeness (QED) is 0.626. The Kier molecular flexibility index (Phi) is 6.19. The third-order valence-corrected chi connectivity index (χ3v) is 5.91. The van der Waals surface area contributed by atoms with Gasteiger partial charge in [-0.15, -0.1) is 0 Å². The van der Waals surface area contributed by atoms with Gasteiger partial charge in [-0.3, -0.25) is 0 Å². The Hall–Kier alpha value is -3.49. The average Bonchev–Trinajstić information content (AvgIpc) is 3.36. The van der Waals surface area contributed by atoms with E-state index in [9.17, 15) is 0 Å². The number of hydrogen-bond donors (Lipinski definition) is 2. The maximum absolute atomic E-state index is 6.42. The van der Waals surface area contributed by atoms with E-state index >= 15 is 0 Å². The van der Waals surface area contributed by atoms with Gasteiger partial charge in [-0.1, -0.05) is 29.8 Å². The van der Waals surface area contributed by atoms with Crippen LogP contribution in [0.3, 0.4) is 0 Å². The van der Waals surface area contributed by atoms with Crippen LogP contribution in [0.5, 0.6) is 0 Å². The Balaban J connectivity index is 1.52. The van der Waals surface area contributed by atoms with Crippen LogP contribution in [0.25, 0.3) is 23.2 Å². The first-order chi connectivity index (χ1) is 16.2. The summed E-state index contributed by atoms with van der Waals surface area (Å²) in [5.41, 5.74) is 11.5. The normalized spacial score (nSPS) is 17.2. The van der Waals surface area contributed by atoms with Crippen molar-refractivity contribution in [2.45, 2.75) is 13.3 Å². The molecule has 2 aliphatic heterocycles. The Morgan fingerprint density at radius 3 is 2.76 bits per heavy atom. The molecule has 0 saturated carbocycles. The minimum atomic E-state index is 0.582. The predicted molar refractivity (Wildman–Crippen MR) is 130 cm³/mol. The summed E-state index contributed by atoms with van der Waals surface area (Å²) in [5.74, 6) is 2.15. The minimum Gasteiger partial charge on any atom is -0.398 e. The van der Waals surface area contributed by atoms with Gasteiger partial charge in [-0.2, -0.15) is 5.10 Å². The van der Waals surface area contributed by atoms with Crippen LogP contribution in [0, 0.1) is 6.92 Å². The van der Waals surface area contributed by atoms with Gasteiger partial charge in [0.05, 0.1) is 18.9 Å². The summed E-state index contributed by atoms with van der Waals surface area (Å²) in [6, 6.07) is 12.3. The van der Waals surface area contributed by atoms with E-state index in [0.717, 1.165) is 55.2 Å². The molecule has 3 aromatic rings. The molecule has 0 radical (unpaired) electrons. The van der Waals surface area contributed by atoms with Crippen LogP contribution >= 0.6 is 0 Å². The largest absolute Gasteiger partial charge is 0.398 e. The van der Waals surface area contributed by atoms with Crippen molar-refractivity contribution in [3.63, 3.8) is 0 Å². The third kappa shape index (κ3) is 4.97. The number of nitrogens with two attached hydrogens (primary N) is 1. The molecule has 2 aliphatic rings. The van der Waals surface area contributed by atoms with E-state index in [1.54, 1.807) is 4.68 Å². The number of allylic oxidation sites excluding steroid dienone is 1. The van der Waals surface area contributed by atoms with Crippen molar-refractivity contribution in [1.29, 1.82) is 0 Å². The second-order valence-electron chi connectivity index (χ2n) is 8.34. The fourth-order valence-electron chi connectivity index (χ4n) is 4.10. The van der Waals surface area contributed by atoms with Crippen molar-refractivity contribution < 1.29 is 4.74 Å². The SMILES string of the molecule is Cc1cccc(-c2ccn(-c3cc(N4CCOCC4)nc(/C=C(\N)C4=CCNCC4)n3)n2)c1. The lowest BCUT2D eigenvalue weighted by molar-refractivity contribution is 0.122. The first-order valence-electron chi connectivity index (χ1n) is 11.4. The van der Waals surface area contributed by atoms with E-state index in [0.29, 0.717) is 30.6 Å². The third-order valence-electron chi connectivity index (χ3n) is 5.91. The monoisotopic (exact) mass is 443 g/mol. The molecule has 0 atom stereocenters. The fraction of sp³-hybridized carbons (Fsp3) is 0.320.